The number of rotatable bonds is 7. The Kier molecular flexibility index (Phi) is 7.31. The van der Waals surface area contributed by atoms with Gasteiger partial charge >= 0.3 is 6.36 Å². The summed E-state index contributed by atoms with van der Waals surface area (Å²) in [5.41, 5.74) is 4.05. The average molecular weight is 462 g/mol. The van der Waals surface area contributed by atoms with Crippen LogP contribution in [0, 0.1) is 0 Å². The van der Waals surface area contributed by atoms with Crippen molar-refractivity contribution in [3.05, 3.63) is 70.1 Å². The van der Waals surface area contributed by atoms with Crippen molar-refractivity contribution in [3.63, 3.8) is 0 Å². The number of carbonyl (C=O) groups excluding carboxylic acids is 2. The molecule has 0 spiro atoms. The summed E-state index contributed by atoms with van der Waals surface area (Å²) in [6.45, 7) is 2.37. The van der Waals surface area contributed by atoms with Gasteiger partial charge in [-0.2, -0.15) is 5.10 Å². The van der Waals surface area contributed by atoms with E-state index in [0.29, 0.717) is 23.7 Å². The highest BCUT2D eigenvalue weighted by molar-refractivity contribution is 6.06. The summed E-state index contributed by atoms with van der Waals surface area (Å²) in [6.07, 6.45) is -2.29. The van der Waals surface area contributed by atoms with Crippen LogP contribution in [0.15, 0.2) is 53.3 Å². The highest BCUT2D eigenvalue weighted by Gasteiger charge is 2.31. The molecule has 1 aromatic heterocycles. The van der Waals surface area contributed by atoms with Gasteiger partial charge in [0.1, 0.15) is 5.75 Å². The second kappa shape index (κ2) is 10.2. The maximum Gasteiger partial charge on any atom is 0.573 e. The Labute approximate surface area is 186 Å². The number of amides is 2. The fraction of sp³-hybridized carbons (Fsp3) is 0.273. The number of unbranched alkanes of at least 4 members (excludes halogenated alkanes) is 2. The van der Waals surface area contributed by atoms with Gasteiger partial charge in [0.2, 0.25) is 0 Å². The molecule has 0 aliphatic heterocycles. The minimum atomic E-state index is -4.85. The summed E-state index contributed by atoms with van der Waals surface area (Å²) < 4.78 is 41.7. The van der Waals surface area contributed by atoms with E-state index >= 15 is 0 Å². The summed E-state index contributed by atoms with van der Waals surface area (Å²) in [5.74, 6) is -1.99. The van der Waals surface area contributed by atoms with Crippen molar-refractivity contribution in [3.8, 4) is 5.75 Å². The number of fused-ring (bicyclic) bond motifs is 1. The zero-order valence-electron chi connectivity index (χ0n) is 17.6. The molecular formula is C22H21F3N4O4. The lowest BCUT2D eigenvalue weighted by atomic mass is 10.1. The van der Waals surface area contributed by atoms with Crippen LogP contribution >= 0.6 is 0 Å². The van der Waals surface area contributed by atoms with Crippen LogP contribution < -0.4 is 21.1 Å². The topological polar surface area (TPSA) is 102 Å². The molecule has 8 nitrogen and oxygen atoms in total. The number of ether oxygens (including phenoxy) is 1. The lowest BCUT2D eigenvalue weighted by Gasteiger charge is -2.12. The highest BCUT2D eigenvalue weighted by Crippen LogP contribution is 2.22. The molecule has 2 aromatic carbocycles. The average Bonchev–Trinajstić information content (AvgIpc) is 2.78. The first kappa shape index (κ1) is 23.8. The summed E-state index contributed by atoms with van der Waals surface area (Å²) in [5, 5.41) is 4.83. The van der Waals surface area contributed by atoms with Crippen LogP contribution in [-0.4, -0.2) is 28.0 Å². The molecule has 174 valence electrons. The number of benzene rings is 2. The molecular weight excluding hydrogens is 441 g/mol. The van der Waals surface area contributed by atoms with Gasteiger partial charge < -0.3 is 4.74 Å². The minimum Gasteiger partial charge on any atom is -0.406 e. The second-order valence-corrected chi connectivity index (χ2v) is 7.11. The molecule has 0 aliphatic rings. The molecule has 0 aliphatic carbocycles. The van der Waals surface area contributed by atoms with Crippen LogP contribution in [0.4, 0.5) is 13.2 Å². The van der Waals surface area contributed by atoms with Gasteiger partial charge in [-0.1, -0.05) is 38.0 Å². The van der Waals surface area contributed by atoms with Crippen molar-refractivity contribution in [2.75, 3.05) is 0 Å². The van der Waals surface area contributed by atoms with Gasteiger partial charge in [0, 0.05) is 17.5 Å². The Morgan fingerprint density at radius 3 is 2.24 bits per heavy atom. The molecule has 0 radical (unpaired) electrons. The van der Waals surface area contributed by atoms with Crippen molar-refractivity contribution < 1.29 is 27.5 Å². The number of nitrogens with one attached hydrogen (secondary N) is 2. The molecule has 0 bridgehead atoms. The third-order valence-electron chi connectivity index (χ3n) is 4.70. The molecule has 0 saturated carbocycles. The van der Waals surface area contributed by atoms with Crippen LogP contribution in [0.1, 0.15) is 47.0 Å². The Hall–Kier alpha value is -3.89. The van der Waals surface area contributed by atoms with Crippen LogP contribution in [0.3, 0.4) is 0 Å². The fourth-order valence-corrected chi connectivity index (χ4v) is 3.12. The zero-order chi connectivity index (χ0) is 24.0. The summed E-state index contributed by atoms with van der Waals surface area (Å²) in [4.78, 5) is 37.7. The van der Waals surface area contributed by atoms with E-state index in [0.717, 1.165) is 37.1 Å². The third kappa shape index (κ3) is 6.09. The Morgan fingerprint density at radius 2 is 1.61 bits per heavy atom. The fourth-order valence-electron chi connectivity index (χ4n) is 3.12. The lowest BCUT2D eigenvalue weighted by Crippen LogP contribution is -2.42. The van der Waals surface area contributed by atoms with Crippen LogP contribution in [0.2, 0.25) is 0 Å². The number of carbonyl (C=O) groups is 2. The van der Waals surface area contributed by atoms with E-state index in [9.17, 15) is 27.6 Å². The van der Waals surface area contributed by atoms with Gasteiger partial charge in [-0.25, -0.2) is 4.68 Å². The molecule has 0 atom stereocenters. The number of hydrazine groups is 1. The SMILES string of the molecule is CCCCCn1nc(C(=O)NNC(=O)c2ccc(OC(F)(F)F)cc2)c2ccccc2c1=O. The number of hydrogen-bond acceptors (Lipinski definition) is 5. The maximum atomic E-state index is 12.8. The molecule has 1 heterocycles. The van der Waals surface area contributed by atoms with E-state index in [1.54, 1.807) is 24.3 Å². The van der Waals surface area contributed by atoms with Crippen LogP contribution in [0.25, 0.3) is 10.8 Å². The van der Waals surface area contributed by atoms with Gasteiger partial charge in [0.05, 0.1) is 5.39 Å². The van der Waals surface area contributed by atoms with Crippen molar-refractivity contribution in [2.45, 2.75) is 39.1 Å². The Balaban J connectivity index is 1.75. The molecule has 2 amide bonds. The second-order valence-electron chi connectivity index (χ2n) is 7.11. The van der Waals surface area contributed by atoms with Crippen LogP contribution in [0.5, 0.6) is 5.75 Å². The number of halogens is 3. The highest BCUT2D eigenvalue weighted by atomic mass is 19.4. The maximum absolute atomic E-state index is 12.8. The molecule has 3 aromatic rings. The van der Waals surface area contributed by atoms with E-state index in [-0.39, 0.29) is 16.8 Å². The number of nitrogens with zero attached hydrogens (tertiary/aromatic N) is 2. The van der Waals surface area contributed by atoms with Gasteiger partial charge in [0.15, 0.2) is 5.69 Å². The lowest BCUT2D eigenvalue weighted by molar-refractivity contribution is -0.274. The quantitative estimate of drug-likeness (QED) is 0.413. The van der Waals surface area contributed by atoms with E-state index < -0.39 is 23.9 Å². The van der Waals surface area contributed by atoms with Crippen molar-refractivity contribution in [1.29, 1.82) is 0 Å². The van der Waals surface area contributed by atoms with Gasteiger partial charge in [-0.15, -0.1) is 13.2 Å². The number of aryl methyl sites for hydroxylation is 1. The predicted molar refractivity (Wildman–Crippen MR) is 114 cm³/mol. The summed E-state index contributed by atoms with van der Waals surface area (Å²) in [7, 11) is 0. The monoisotopic (exact) mass is 462 g/mol. The van der Waals surface area contributed by atoms with E-state index in [1.165, 1.54) is 4.68 Å². The first-order valence-electron chi connectivity index (χ1n) is 10.2. The number of alkyl halides is 3. The third-order valence-corrected chi connectivity index (χ3v) is 4.70. The number of hydrogen-bond donors (Lipinski definition) is 2. The molecule has 0 saturated heterocycles. The van der Waals surface area contributed by atoms with Crippen molar-refractivity contribution in [1.82, 2.24) is 20.6 Å². The van der Waals surface area contributed by atoms with E-state index in [4.69, 9.17) is 0 Å². The first-order valence-corrected chi connectivity index (χ1v) is 10.2. The normalized spacial score (nSPS) is 11.3. The molecule has 0 fully saturated rings. The molecule has 0 unspecified atom stereocenters. The molecule has 33 heavy (non-hydrogen) atoms. The van der Waals surface area contributed by atoms with Crippen molar-refractivity contribution in [2.24, 2.45) is 0 Å². The molecule has 11 heteroatoms. The summed E-state index contributed by atoms with van der Waals surface area (Å²) in [6, 6.07) is 10.7. The Bertz CT molecular complexity index is 1210. The van der Waals surface area contributed by atoms with Crippen molar-refractivity contribution >= 4 is 22.6 Å². The number of aromatic nitrogens is 2. The molecule has 2 N–H and O–H groups in total. The first-order chi connectivity index (χ1) is 15.7. The van der Waals surface area contributed by atoms with E-state index in [2.05, 4.69) is 20.7 Å². The van der Waals surface area contributed by atoms with Gasteiger partial charge in [-0.05, 0) is 36.8 Å². The molecule has 3 rings (SSSR count). The summed E-state index contributed by atoms with van der Waals surface area (Å²) >= 11 is 0. The largest absolute Gasteiger partial charge is 0.573 e. The van der Waals surface area contributed by atoms with Crippen LogP contribution in [-0.2, 0) is 6.54 Å². The standard InChI is InChI=1S/C22H21F3N4O4/c1-2-3-6-13-29-21(32)17-8-5-4-7-16(17)18(28-29)20(31)27-26-19(30)14-9-11-15(12-10-14)33-22(23,24)25/h4-5,7-12H,2-3,6,13H2,1H3,(H,26,30)(H,27,31). The smallest absolute Gasteiger partial charge is 0.406 e. The van der Waals surface area contributed by atoms with E-state index in [1.807, 2.05) is 6.92 Å². The van der Waals surface area contributed by atoms with Gasteiger partial charge in [-0.3, -0.25) is 25.2 Å². The predicted octanol–water partition coefficient (Wildman–Crippen LogP) is 3.56. The minimum absolute atomic E-state index is 0.00724. The van der Waals surface area contributed by atoms with Gasteiger partial charge in [0.25, 0.3) is 17.4 Å². The Morgan fingerprint density at radius 1 is 0.970 bits per heavy atom. The zero-order valence-corrected chi connectivity index (χ0v) is 17.6.